The number of nitrogens with one attached hydrogen (secondary N) is 1. The lowest BCUT2D eigenvalue weighted by molar-refractivity contribution is -0.147. The Labute approximate surface area is 129 Å². The molecular weight excluding hydrogens is 264 g/mol. The van der Waals surface area contributed by atoms with Gasteiger partial charge in [-0.1, -0.05) is 19.8 Å². The maximum atomic E-state index is 11.8. The maximum absolute atomic E-state index is 11.8. The van der Waals surface area contributed by atoms with E-state index in [0.717, 1.165) is 51.1 Å². The van der Waals surface area contributed by atoms with Gasteiger partial charge in [0.1, 0.15) is 5.54 Å². The fraction of sp³-hybridized carbons (Fsp3) is 0.941. The minimum atomic E-state index is -0.692. The molecule has 4 nitrogen and oxygen atoms in total. The molecule has 2 N–H and O–H groups in total. The molecular formula is C17H32N2O2. The molecule has 2 unspecified atom stereocenters. The van der Waals surface area contributed by atoms with E-state index in [1.54, 1.807) is 0 Å². The number of hydrogen-bond acceptors (Lipinski definition) is 3. The number of hydrogen-bond donors (Lipinski definition) is 2. The molecule has 0 spiro atoms. The van der Waals surface area contributed by atoms with Gasteiger partial charge in [-0.2, -0.15) is 0 Å². The van der Waals surface area contributed by atoms with Crippen molar-refractivity contribution in [2.24, 2.45) is 5.92 Å². The third kappa shape index (κ3) is 4.19. The molecule has 0 aromatic heterocycles. The zero-order valence-corrected chi connectivity index (χ0v) is 13.7. The fourth-order valence-electron chi connectivity index (χ4n) is 4.17. The standard InChI is InChI=1S/C17H32N2O2/c1-3-11-18-17(16(20)21)10-6-9-15(12-17)19(2)13-14-7-4-5-8-14/h14-15,18H,3-13H2,1-2H3,(H,20,21). The Morgan fingerprint density at radius 3 is 2.62 bits per heavy atom. The Morgan fingerprint density at radius 2 is 2.00 bits per heavy atom. The van der Waals surface area contributed by atoms with E-state index in [9.17, 15) is 9.90 Å². The Bertz CT molecular complexity index is 342. The van der Waals surface area contributed by atoms with Gasteiger partial charge in [-0.25, -0.2) is 0 Å². The molecule has 21 heavy (non-hydrogen) atoms. The van der Waals surface area contributed by atoms with Crippen molar-refractivity contribution in [3.8, 4) is 0 Å². The van der Waals surface area contributed by atoms with E-state index >= 15 is 0 Å². The summed E-state index contributed by atoms with van der Waals surface area (Å²) in [6.45, 7) is 4.04. The molecule has 2 aliphatic carbocycles. The first-order chi connectivity index (χ1) is 10.1. The molecule has 0 radical (unpaired) electrons. The lowest BCUT2D eigenvalue weighted by Gasteiger charge is -2.42. The Morgan fingerprint density at radius 1 is 1.29 bits per heavy atom. The van der Waals surface area contributed by atoms with E-state index in [4.69, 9.17) is 0 Å². The zero-order valence-electron chi connectivity index (χ0n) is 13.7. The molecule has 2 fully saturated rings. The molecule has 0 bridgehead atoms. The number of rotatable bonds is 7. The van der Waals surface area contributed by atoms with Crippen LogP contribution in [0.3, 0.4) is 0 Å². The van der Waals surface area contributed by atoms with E-state index in [-0.39, 0.29) is 0 Å². The lowest BCUT2D eigenvalue weighted by Crippen LogP contribution is -2.58. The smallest absolute Gasteiger partial charge is 0.323 e. The topological polar surface area (TPSA) is 52.6 Å². The summed E-state index contributed by atoms with van der Waals surface area (Å²) >= 11 is 0. The summed E-state index contributed by atoms with van der Waals surface area (Å²) in [6, 6.07) is 0.416. The van der Waals surface area contributed by atoms with Crippen LogP contribution >= 0.6 is 0 Å². The predicted octanol–water partition coefficient (Wildman–Crippen LogP) is 2.87. The van der Waals surface area contributed by atoms with Gasteiger partial charge in [0.2, 0.25) is 0 Å². The maximum Gasteiger partial charge on any atom is 0.323 e. The molecule has 0 amide bonds. The van der Waals surface area contributed by atoms with Crippen LogP contribution in [0, 0.1) is 5.92 Å². The number of nitrogens with zero attached hydrogens (tertiary/aromatic N) is 1. The van der Waals surface area contributed by atoms with Gasteiger partial charge in [0.05, 0.1) is 0 Å². The third-order valence-electron chi connectivity index (χ3n) is 5.49. The molecule has 0 heterocycles. The van der Waals surface area contributed by atoms with Gasteiger partial charge in [-0.15, -0.1) is 0 Å². The molecule has 0 aromatic carbocycles. The monoisotopic (exact) mass is 296 g/mol. The van der Waals surface area contributed by atoms with E-state index in [1.165, 1.54) is 25.7 Å². The quantitative estimate of drug-likeness (QED) is 0.758. The molecule has 2 atom stereocenters. The summed E-state index contributed by atoms with van der Waals surface area (Å²) in [6.07, 6.45) is 10.1. The Balaban J connectivity index is 1.95. The number of carbonyl (C=O) groups is 1. The van der Waals surface area contributed by atoms with Crippen LogP contribution in [0.4, 0.5) is 0 Å². The summed E-state index contributed by atoms with van der Waals surface area (Å²) in [5, 5.41) is 13.1. The van der Waals surface area contributed by atoms with Crippen LogP contribution in [-0.2, 0) is 4.79 Å². The summed E-state index contributed by atoms with van der Waals surface area (Å²) in [5.41, 5.74) is -0.692. The molecule has 2 rings (SSSR count). The molecule has 0 aliphatic heterocycles. The summed E-state index contributed by atoms with van der Waals surface area (Å²) < 4.78 is 0. The van der Waals surface area contributed by atoms with Crippen LogP contribution in [0.5, 0.6) is 0 Å². The minimum absolute atomic E-state index is 0.416. The third-order valence-corrected chi connectivity index (χ3v) is 5.49. The summed E-state index contributed by atoms with van der Waals surface area (Å²) in [5.74, 6) is 0.176. The number of carboxylic acids is 1. The second-order valence-corrected chi connectivity index (χ2v) is 7.15. The van der Waals surface area contributed by atoms with Crippen molar-refractivity contribution in [2.75, 3.05) is 20.1 Å². The first-order valence-corrected chi connectivity index (χ1v) is 8.76. The fourth-order valence-corrected chi connectivity index (χ4v) is 4.17. The van der Waals surface area contributed by atoms with Crippen LogP contribution < -0.4 is 5.32 Å². The van der Waals surface area contributed by atoms with Crippen molar-refractivity contribution in [3.05, 3.63) is 0 Å². The molecule has 2 aliphatic rings. The van der Waals surface area contributed by atoms with Crippen molar-refractivity contribution >= 4 is 5.97 Å². The first kappa shape index (κ1) is 16.8. The Hall–Kier alpha value is -0.610. The lowest BCUT2D eigenvalue weighted by atomic mass is 9.78. The largest absolute Gasteiger partial charge is 0.480 e. The van der Waals surface area contributed by atoms with Gasteiger partial charge in [0.25, 0.3) is 0 Å². The summed E-state index contributed by atoms with van der Waals surface area (Å²) in [4.78, 5) is 14.3. The normalized spacial score (nSPS) is 30.9. The van der Waals surface area contributed by atoms with Crippen LogP contribution in [-0.4, -0.2) is 47.7 Å². The van der Waals surface area contributed by atoms with Crippen LogP contribution in [0.15, 0.2) is 0 Å². The summed E-state index contributed by atoms with van der Waals surface area (Å²) in [7, 11) is 2.20. The van der Waals surface area contributed by atoms with Gasteiger partial charge in [0, 0.05) is 12.6 Å². The molecule has 2 saturated carbocycles. The van der Waals surface area contributed by atoms with Crippen LogP contribution in [0.25, 0.3) is 0 Å². The average Bonchev–Trinajstić information content (AvgIpc) is 2.98. The SMILES string of the molecule is CCCNC1(C(=O)O)CCCC(N(C)CC2CCCC2)C1. The van der Waals surface area contributed by atoms with Gasteiger partial charge >= 0.3 is 5.97 Å². The molecule has 4 heteroatoms. The average molecular weight is 296 g/mol. The zero-order chi connectivity index (χ0) is 15.3. The van der Waals surface area contributed by atoms with Gasteiger partial charge in [-0.3, -0.25) is 4.79 Å². The van der Waals surface area contributed by atoms with E-state index in [1.807, 2.05) is 0 Å². The van der Waals surface area contributed by atoms with Crippen molar-refractivity contribution in [2.45, 2.75) is 76.3 Å². The Kier molecular flexibility index (Phi) is 6.06. The highest BCUT2D eigenvalue weighted by Crippen LogP contribution is 2.33. The van der Waals surface area contributed by atoms with Gasteiger partial charge in [0.15, 0.2) is 0 Å². The second kappa shape index (κ2) is 7.59. The van der Waals surface area contributed by atoms with Crippen molar-refractivity contribution < 1.29 is 9.90 Å². The van der Waals surface area contributed by atoms with Crippen LogP contribution in [0.1, 0.15) is 64.7 Å². The van der Waals surface area contributed by atoms with Gasteiger partial charge < -0.3 is 15.3 Å². The van der Waals surface area contributed by atoms with Crippen LogP contribution in [0.2, 0.25) is 0 Å². The highest BCUT2D eigenvalue weighted by atomic mass is 16.4. The van der Waals surface area contributed by atoms with E-state index < -0.39 is 11.5 Å². The number of carboxylic acid groups (broad SMARTS) is 1. The minimum Gasteiger partial charge on any atom is -0.480 e. The van der Waals surface area contributed by atoms with Gasteiger partial charge in [-0.05, 0) is 64.5 Å². The van der Waals surface area contributed by atoms with Crippen molar-refractivity contribution in [1.82, 2.24) is 10.2 Å². The van der Waals surface area contributed by atoms with Crippen molar-refractivity contribution in [1.29, 1.82) is 0 Å². The van der Waals surface area contributed by atoms with E-state index in [0.29, 0.717) is 6.04 Å². The van der Waals surface area contributed by atoms with Crippen molar-refractivity contribution in [3.63, 3.8) is 0 Å². The second-order valence-electron chi connectivity index (χ2n) is 7.15. The molecule has 0 aromatic rings. The molecule has 0 saturated heterocycles. The predicted molar refractivity (Wildman–Crippen MR) is 85.5 cm³/mol. The highest BCUT2D eigenvalue weighted by molar-refractivity contribution is 5.79. The number of aliphatic carboxylic acids is 1. The first-order valence-electron chi connectivity index (χ1n) is 8.76. The van der Waals surface area contributed by atoms with E-state index in [2.05, 4.69) is 24.2 Å². The molecule has 122 valence electrons. The highest BCUT2D eigenvalue weighted by Gasteiger charge is 2.43.